The Hall–Kier alpha value is -0.0800. The second-order valence-electron chi connectivity index (χ2n) is 4.42. The van der Waals surface area contributed by atoms with Crippen LogP contribution < -0.4 is 11.1 Å². The number of hydrogen-bond donors (Lipinski definition) is 2. The average molecular weight is 184 g/mol. The Kier molecular flexibility index (Phi) is 5.40. The molecule has 1 saturated heterocycles. The van der Waals surface area contributed by atoms with Gasteiger partial charge in [-0.1, -0.05) is 19.8 Å². The molecule has 1 aliphatic heterocycles. The summed E-state index contributed by atoms with van der Waals surface area (Å²) >= 11 is 0. The molecule has 2 atom stereocenters. The maximum Gasteiger partial charge on any atom is 0.00671 e. The second-order valence-corrected chi connectivity index (χ2v) is 4.42. The molecule has 0 bridgehead atoms. The first-order chi connectivity index (χ1) is 6.33. The van der Waals surface area contributed by atoms with Crippen molar-refractivity contribution in [3.05, 3.63) is 0 Å². The van der Waals surface area contributed by atoms with Crippen molar-refractivity contribution < 1.29 is 0 Å². The molecular weight excluding hydrogens is 160 g/mol. The molecule has 0 radical (unpaired) electrons. The summed E-state index contributed by atoms with van der Waals surface area (Å²) < 4.78 is 0. The molecule has 0 amide bonds. The minimum Gasteiger partial charge on any atom is -0.330 e. The monoisotopic (exact) mass is 184 g/mol. The second kappa shape index (κ2) is 6.39. The zero-order chi connectivity index (χ0) is 9.52. The summed E-state index contributed by atoms with van der Waals surface area (Å²) in [6, 6.07) is 0.775. The lowest BCUT2D eigenvalue weighted by Gasteiger charge is -2.17. The van der Waals surface area contributed by atoms with Crippen LogP contribution in [0.5, 0.6) is 0 Å². The summed E-state index contributed by atoms with van der Waals surface area (Å²) in [7, 11) is 0. The lowest BCUT2D eigenvalue weighted by Crippen LogP contribution is -2.29. The van der Waals surface area contributed by atoms with Gasteiger partial charge in [-0.25, -0.2) is 0 Å². The van der Waals surface area contributed by atoms with E-state index in [-0.39, 0.29) is 0 Å². The summed E-state index contributed by atoms with van der Waals surface area (Å²) in [5.74, 6) is 0.699. The zero-order valence-electron chi connectivity index (χ0n) is 8.89. The van der Waals surface area contributed by atoms with Gasteiger partial charge in [0.15, 0.2) is 0 Å². The van der Waals surface area contributed by atoms with E-state index in [4.69, 9.17) is 5.73 Å². The van der Waals surface area contributed by atoms with E-state index in [2.05, 4.69) is 12.2 Å². The number of hydrogen-bond acceptors (Lipinski definition) is 2. The zero-order valence-corrected chi connectivity index (χ0v) is 8.89. The third kappa shape index (κ3) is 4.63. The molecule has 0 saturated carbocycles. The SMILES string of the molecule is CC(CN)CCC1CCCCCN1. The lowest BCUT2D eigenvalue weighted by molar-refractivity contribution is 0.416. The fraction of sp³-hybridized carbons (Fsp3) is 1.00. The number of nitrogens with two attached hydrogens (primary N) is 1. The minimum absolute atomic E-state index is 0.699. The van der Waals surface area contributed by atoms with Crippen LogP contribution in [0.4, 0.5) is 0 Å². The lowest BCUT2D eigenvalue weighted by atomic mass is 9.99. The normalized spacial score (nSPS) is 26.8. The minimum atomic E-state index is 0.699. The van der Waals surface area contributed by atoms with Gasteiger partial charge >= 0.3 is 0 Å². The van der Waals surface area contributed by atoms with E-state index in [0.29, 0.717) is 5.92 Å². The van der Waals surface area contributed by atoms with Crippen LogP contribution in [0.3, 0.4) is 0 Å². The first kappa shape index (κ1) is 11.0. The summed E-state index contributed by atoms with van der Waals surface area (Å²) in [6.45, 7) is 4.31. The molecule has 2 nitrogen and oxygen atoms in total. The first-order valence-corrected chi connectivity index (χ1v) is 5.76. The molecule has 0 spiro atoms. The topological polar surface area (TPSA) is 38.0 Å². The molecule has 1 heterocycles. The Morgan fingerprint density at radius 3 is 3.00 bits per heavy atom. The van der Waals surface area contributed by atoms with Crippen molar-refractivity contribution in [2.24, 2.45) is 11.7 Å². The van der Waals surface area contributed by atoms with Crippen LogP contribution in [0.2, 0.25) is 0 Å². The molecule has 0 aromatic carbocycles. The molecule has 2 unspecified atom stereocenters. The van der Waals surface area contributed by atoms with Gasteiger partial charge in [0.25, 0.3) is 0 Å². The molecule has 0 aromatic heterocycles. The van der Waals surface area contributed by atoms with Gasteiger partial charge in [0.05, 0.1) is 0 Å². The van der Waals surface area contributed by atoms with Crippen molar-refractivity contribution in [2.45, 2.75) is 51.5 Å². The largest absolute Gasteiger partial charge is 0.330 e. The van der Waals surface area contributed by atoms with Crippen LogP contribution in [-0.4, -0.2) is 19.1 Å². The predicted molar refractivity (Wildman–Crippen MR) is 57.7 cm³/mol. The maximum atomic E-state index is 5.60. The van der Waals surface area contributed by atoms with Crippen molar-refractivity contribution >= 4 is 0 Å². The van der Waals surface area contributed by atoms with Crippen molar-refractivity contribution in [2.75, 3.05) is 13.1 Å². The van der Waals surface area contributed by atoms with Gasteiger partial charge in [0.1, 0.15) is 0 Å². The number of rotatable bonds is 4. The Bertz CT molecular complexity index is 117. The van der Waals surface area contributed by atoms with Crippen LogP contribution in [0, 0.1) is 5.92 Å². The molecule has 0 aromatic rings. The van der Waals surface area contributed by atoms with Gasteiger partial charge in [-0.2, -0.15) is 0 Å². The quantitative estimate of drug-likeness (QED) is 0.700. The maximum absolute atomic E-state index is 5.60. The predicted octanol–water partition coefficient (Wildman–Crippen LogP) is 1.89. The molecule has 78 valence electrons. The highest BCUT2D eigenvalue weighted by Gasteiger charge is 2.11. The van der Waals surface area contributed by atoms with E-state index >= 15 is 0 Å². The van der Waals surface area contributed by atoms with Crippen LogP contribution in [0.25, 0.3) is 0 Å². The molecule has 0 aliphatic carbocycles. The molecule has 1 fully saturated rings. The Labute approximate surface area is 82.3 Å². The van der Waals surface area contributed by atoms with Gasteiger partial charge in [-0.05, 0) is 44.7 Å². The summed E-state index contributed by atoms with van der Waals surface area (Å²) in [5.41, 5.74) is 5.60. The molecule has 13 heavy (non-hydrogen) atoms. The standard InChI is InChI=1S/C11H24N2/c1-10(9-12)6-7-11-5-3-2-4-8-13-11/h10-11,13H,2-9,12H2,1H3. The van der Waals surface area contributed by atoms with E-state index < -0.39 is 0 Å². The van der Waals surface area contributed by atoms with Gasteiger partial charge in [0, 0.05) is 6.04 Å². The number of nitrogens with one attached hydrogen (secondary N) is 1. The molecule has 2 heteroatoms. The Morgan fingerprint density at radius 2 is 2.23 bits per heavy atom. The van der Waals surface area contributed by atoms with Crippen molar-refractivity contribution in [1.82, 2.24) is 5.32 Å². The highest BCUT2D eigenvalue weighted by Crippen LogP contribution is 2.14. The summed E-state index contributed by atoms with van der Waals surface area (Å²) in [5, 5.41) is 3.62. The summed E-state index contributed by atoms with van der Waals surface area (Å²) in [4.78, 5) is 0. The van der Waals surface area contributed by atoms with Gasteiger partial charge < -0.3 is 11.1 Å². The van der Waals surface area contributed by atoms with E-state index in [9.17, 15) is 0 Å². The van der Waals surface area contributed by atoms with Gasteiger partial charge in [-0.15, -0.1) is 0 Å². The van der Waals surface area contributed by atoms with Crippen LogP contribution in [0.15, 0.2) is 0 Å². The first-order valence-electron chi connectivity index (χ1n) is 5.76. The van der Waals surface area contributed by atoms with E-state index in [0.717, 1.165) is 12.6 Å². The van der Waals surface area contributed by atoms with E-state index in [1.54, 1.807) is 0 Å². The molecule has 1 aliphatic rings. The molecule has 1 rings (SSSR count). The fourth-order valence-corrected chi connectivity index (χ4v) is 1.95. The van der Waals surface area contributed by atoms with Crippen LogP contribution in [0.1, 0.15) is 45.4 Å². The van der Waals surface area contributed by atoms with Crippen molar-refractivity contribution in [1.29, 1.82) is 0 Å². The smallest absolute Gasteiger partial charge is 0.00671 e. The summed E-state index contributed by atoms with van der Waals surface area (Å²) in [6.07, 6.45) is 8.16. The van der Waals surface area contributed by atoms with Crippen LogP contribution in [-0.2, 0) is 0 Å². The highest BCUT2D eigenvalue weighted by atomic mass is 14.9. The Balaban J connectivity index is 2.11. The third-order valence-corrected chi connectivity index (χ3v) is 3.07. The van der Waals surface area contributed by atoms with Gasteiger partial charge in [-0.3, -0.25) is 0 Å². The van der Waals surface area contributed by atoms with E-state index in [1.165, 1.54) is 45.1 Å². The van der Waals surface area contributed by atoms with Gasteiger partial charge in [0.2, 0.25) is 0 Å². The fourth-order valence-electron chi connectivity index (χ4n) is 1.95. The van der Waals surface area contributed by atoms with Crippen LogP contribution >= 0.6 is 0 Å². The van der Waals surface area contributed by atoms with Crippen molar-refractivity contribution in [3.8, 4) is 0 Å². The molecule has 3 N–H and O–H groups in total. The van der Waals surface area contributed by atoms with Crippen molar-refractivity contribution in [3.63, 3.8) is 0 Å². The highest BCUT2D eigenvalue weighted by molar-refractivity contribution is 4.71. The third-order valence-electron chi connectivity index (χ3n) is 3.07. The molecular formula is C11H24N2. The average Bonchev–Trinajstić information content (AvgIpc) is 2.42. The Morgan fingerprint density at radius 1 is 1.38 bits per heavy atom. The van der Waals surface area contributed by atoms with E-state index in [1.807, 2.05) is 0 Å².